The van der Waals surface area contributed by atoms with Gasteiger partial charge in [-0.3, -0.25) is 9.48 Å². The minimum absolute atomic E-state index is 0.293. The zero-order valence-electron chi connectivity index (χ0n) is 14.5. The van der Waals surface area contributed by atoms with Crippen molar-refractivity contribution in [3.8, 4) is 0 Å². The third kappa shape index (κ3) is 4.14. The maximum absolute atomic E-state index is 12.6. The van der Waals surface area contributed by atoms with Crippen molar-refractivity contribution in [1.29, 1.82) is 0 Å². The van der Waals surface area contributed by atoms with Crippen molar-refractivity contribution in [1.82, 2.24) is 20.1 Å². The van der Waals surface area contributed by atoms with Crippen LogP contribution in [0.5, 0.6) is 0 Å². The number of nitrogens with zero attached hydrogens (tertiary/aromatic N) is 4. The topological polar surface area (TPSA) is 63.1 Å². The second-order valence-corrected chi connectivity index (χ2v) is 6.57. The van der Waals surface area contributed by atoms with Crippen LogP contribution in [0.3, 0.4) is 0 Å². The Labute approximate surface area is 149 Å². The lowest BCUT2D eigenvalue weighted by molar-refractivity contribution is -0.142. The van der Waals surface area contributed by atoms with Crippen LogP contribution in [-0.4, -0.2) is 40.9 Å². The van der Waals surface area contributed by atoms with Crippen molar-refractivity contribution in [3.63, 3.8) is 0 Å². The highest BCUT2D eigenvalue weighted by Gasteiger charge is 2.31. The molecule has 26 heavy (non-hydrogen) atoms. The minimum Gasteiger partial charge on any atom is -0.363 e. The number of rotatable bonds is 4. The van der Waals surface area contributed by atoms with Gasteiger partial charge in [0.15, 0.2) is 0 Å². The molecule has 140 valence electrons. The summed E-state index contributed by atoms with van der Waals surface area (Å²) in [5.41, 5.74) is 1.73. The lowest BCUT2D eigenvalue weighted by Gasteiger charge is -2.22. The number of hydrogen-bond donors (Lipinski definition) is 1. The predicted molar refractivity (Wildman–Crippen MR) is 90.0 cm³/mol. The summed E-state index contributed by atoms with van der Waals surface area (Å²) in [5, 5.41) is 6.96. The third-order valence-electron chi connectivity index (χ3n) is 4.25. The molecule has 1 aliphatic rings. The van der Waals surface area contributed by atoms with E-state index in [9.17, 15) is 18.0 Å². The molecule has 1 atom stereocenters. The van der Waals surface area contributed by atoms with E-state index in [4.69, 9.17) is 0 Å². The molecule has 9 heteroatoms. The zero-order valence-corrected chi connectivity index (χ0v) is 14.5. The third-order valence-corrected chi connectivity index (χ3v) is 4.25. The Kier molecular flexibility index (Phi) is 4.88. The van der Waals surface area contributed by atoms with Crippen LogP contribution in [0.4, 0.5) is 19.0 Å². The summed E-state index contributed by atoms with van der Waals surface area (Å²) >= 11 is 0. The maximum atomic E-state index is 12.6. The van der Waals surface area contributed by atoms with Crippen LogP contribution in [-0.2, 0) is 13.0 Å². The number of pyridine rings is 1. The molecule has 2 heterocycles. The van der Waals surface area contributed by atoms with Crippen molar-refractivity contribution < 1.29 is 18.0 Å². The van der Waals surface area contributed by atoms with Gasteiger partial charge in [0.2, 0.25) is 0 Å². The summed E-state index contributed by atoms with van der Waals surface area (Å²) < 4.78 is 38.7. The molecule has 2 aromatic heterocycles. The monoisotopic (exact) mass is 367 g/mol. The SMILES string of the molecule is CN(C)c1cc(C(=O)N[C@H]2CCCc3cn(CC(F)(F)F)nc32)ccn1. The Morgan fingerprint density at radius 3 is 2.88 bits per heavy atom. The molecule has 2 aromatic rings. The number of anilines is 1. The predicted octanol–water partition coefficient (Wildman–Crippen LogP) is 2.71. The van der Waals surface area contributed by atoms with Crippen LogP contribution >= 0.6 is 0 Å². The first-order valence-corrected chi connectivity index (χ1v) is 8.30. The van der Waals surface area contributed by atoms with E-state index in [1.165, 1.54) is 6.20 Å². The van der Waals surface area contributed by atoms with E-state index in [1.807, 2.05) is 14.1 Å². The summed E-state index contributed by atoms with van der Waals surface area (Å²) in [6, 6.07) is 2.88. The van der Waals surface area contributed by atoms with E-state index in [1.54, 1.807) is 23.2 Å². The highest BCUT2D eigenvalue weighted by Crippen LogP contribution is 2.30. The Hall–Kier alpha value is -2.58. The highest BCUT2D eigenvalue weighted by molar-refractivity contribution is 5.95. The quantitative estimate of drug-likeness (QED) is 0.903. The molecule has 0 saturated heterocycles. The normalized spacial score (nSPS) is 16.9. The Bertz CT molecular complexity index is 800. The zero-order chi connectivity index (χ0) is 18.9. The summed E-state index contributed by atoms with van der Waals surface area (Å²) in [5.74, 6) is 0.357. The van der Waals surface area contributed by atoms with Gasteiger partial charge in [-0.2, -0.15) is 18.3 Å². The number of amides is 1. The van der Waals surface area contributed by atoms with E-state index in [-0.39, 0.29) is 5.91 Å². The number of fused-ring (bicyclic) bond motifs is 1. The minimum atomic E-state index is -4.33. The molecular formula is C17H20F3N5O. The van der Waals surface area contributed by atoms with Crippen molar-refractivity contribution in [3.05, 3.63) is 41.3 Å². The van der Waals surface area contributed by atoms with Gasteiger partial charge in [0, 0.05) is 32.1 Å². The molecule has 0 radical (unpaired) electrons. The average molecular weight is 367 g/mol. The molecule has 1 amide bonds. The molecule has 0 unspecified atom stereocenters. The molecule has 0 saturated carbocycles. The average Bonchev–Trinajstić information content (AvgIpc) is 2.96. The number of aryl methyl sites for hydroxylation is 1. The Morgan fingerprint density at radius 2 is 2.19 bits per heavy atom. The Morgan fingerprint density at radius 1 is 1.42 bits per heavy atom. The van der Waals surface area contributed by atoms with Gasteiger partial charge in [0.25, 0.3) is 5.91 Å². The molecule has 3 rings (SSSR count). The second-order valence-electron chi connectivity index (χ2n) is 6.57. The van der Waals surface area contributed by atoms with E-state index in [0.717, 1.165) is 16.7 Å². The number of halogens is 3. The molecule has 6 nitrogen and oxygen atoms in total. The lowest BCUT2D eigenvalue weighted by Crippen LogP contribution is -2.31. The molecule has 0 fully saturated rings. The van der Waals surface area contributed by atoms with Gasteiger partial charge in [-0.15, -0.1) is 0 Å². The summed E-state index contributed by atoms with van der Waals surface area (Å²) in [7, 11) is 3.65. The van der Waals surface area contributed by atoms with Crippen molar-refractivity contribution in [2.45, 2.75) is 38.0 Å². The first kappa shape index (κ1) is 18.2. The molecule has 0 spiro atoms. The molecule has 1 aliphatic carbocycles. The van der Waals surface area contributed by atoms with Crippen molar-refractivity contribution >= 4 is 11.7 Å². The molecule has 0 aromatic carbocycles. The van der Waals surface area contributed by atoms with Crippen LogP contribution in [0.1, 0.15) is 40.5 Å². The van der Waals surface area contributed by atoms with E-state index < -0.39 is 18.8 Å². The highest BCUT2D eigenvalue weighted by atomic mass is 19.4. The summed E-state index contributed by atoms with van der Waals surface area (Å²) in [6.45, 7) is -1.13. The van der Waals surface area contributed by atoms with Crippen molar-refractivity contribution in [2.75, 3.05) is 19.0 Å². The van der Waals surface area contributed by atoms with E-state index >= 15 is 0 Å². The van der Waals surface area contributed by atoms with Gasteiger partial charge in [-0.1, -0.05) is 0 Å². The largest absolute Gasteiger partial charge is 0.408 e. The summed E-state index contributed by atoms with van der Waals surface area (Å²) in [6.07, 6.45) is 0.751. The molecule has 0 bridgehead atoms. The van der Waals surface area contributed by atoms with E-state index in [2.05, 4.69) is 15.4 Å². The standard InChI is InChI=1S/C17H20F3N5O/c1-24(2)14-8-11(6-7-21-14)16(26)22-13-5-3-4-12-9-25(23-15(12)13)10-17(18,19)20/h6-9,13H,3-5,10H2,1-2H3,(H,22,26)/t13-/m0/s1. The smallest absolute Gasteiger partial charge is 0.363 e. The van der Waals surface area contributed by atoms with Gasteiger partial charge >= 0.3 is 6.18 Å². The number of aromatic nitrogens is 3. The van der Waals surface area contributed by atoms with Crippen LogP contribution < -0.4 is 10.2 Å². The van der Waals surface area contributed by atoms with Gasteiger partial charge in [-0.05, 0) is 37.0 Å². The van der Waals surface area contributed by atoms with Gasteiger partial charge in [0.05, 0.1) is 11.7 Å². The van der Waals surface area contributed by atoms with Crippen LogP contribution in [0.25, 0.3) is 0 Å². The summed E-state index contributed by atoms with van der Waals surface area (Å²) in [4.78, 5) is 18.5. The van der Waals surface area contributed by atoms with Gasteiger partial charge < -0.3 is 10.2 Å². The van der Waals surface area contributed by atoms with Crippen molar-refractivity contribution in [2.24, 2.45) is 0 Å². The fraction of sp³-hybridized carbons (Fsp3) is 0.471. The number of nitrogens with one attached hydrogen (secondary N) is 1. The molecular weight excluding hydrogens is 347 g/mol. The van der Waals surface area contributed by atoms with Gasteiger partial charge in [0.1, 0.15) is 12.4 Å². The number of carbonyl (C=O) groups is 1. The van der Waals surface area contributed by atoms with Gasteiger partial charge in [-0.25, -0.2) is 4.98 Å². The molecule has 0 aliphatic heterocycles. The fourth-order valence-corrected chi connectivity index (χ4v) is 3.05. The Balaban J connectivity index is 1.77. The number of carbonyl (C=O) groups excluding carboxylic acids is 1. The van der Waals surface area contributed by atoms with Crippen LogP contribution in [0, 0.1) is 0 Å². The van der Waals surface area contributed by atoms with Crippen LogP contribution in [0.15, 0.2) is 24.5 Å². The maximum Gasteiger partial charge on any atom is 0.408 e. The number of hydrogen-bond acceptors (Lipinski definition) is 4. The first-order chi connectivity index (χ1) is 12.2. The van der Waals surface area contributed by atoms with E-state index in [0.29, 0.717) is 29.9 Å². The second kappa shape index (κ2) is 6.97. The molecule has 1 N–H and O–H groups in total. The lowest BCUT2D eigenvalue weighted by atomic mass is 9.93. The number of alkyl halides is 3. The van der Waals surface area contributed by atoms with Crippen LogP contribution in [0.2, 0.25) is 0 Å². The first-order valence-electron chi connectivity index (χ1n) is 8.30. The fourth-order valence-electron chi connectivity index (χ4n) is 3.05.